The summed E-state index contributed by atoms with van der Waals surface area (Å²) < 4.78 is 2.38. The van der Waals surface area contributed by atoms with Crippen molar-refractivity contribution < 1.29 is 0 Å². The molecule has 1 aliphatic carbocycles. The van der Waals surface area contributed by atoms with Crippen molar-refractivity contribution in [2.75, 3.05) is 0 Å². The van der Waals surface area contributed by atoms with Gasteiger partial charge in [-0.3, -0.25) is 0 Å². The maximum atomic E-state index is 4.03. The minimum Gasteiger partial charge on any atom is -0.347 e. The van der Waals surface area contributed by atoms with Crippen molar-refractivity contribution in [3.05, 3.63) is 48.2 Å². The third kappa shape index (κ3) is 1.53. The Morgan fingerprint density at radius 1 is 1.29 bits per heavy atom. The van der Waals surface area contributed by atoms with E-state index in [4.69, 9.17) is 0 Å². The molecule has 0 spiro atoms. The molecule has 1 heteroatoms. The molecule has 1 aliphatic rings. The number of aromatic nitrogens is 1. The molecule has 3 rings (SSSR count). The summed E-state index contributed by atoms with van der Waals surface area (Å²) in [4.78, 5) is 0. The first-order chi connectivity index (χ1) is 8.33. The first-order valence-corrected chi connectivity index (χ1v) is 6.51. The second-order valence-electron chi connectivity index (χ2n) is 5.02. The zero-order valence-corrected chi connectivity index (χ0v) is 10.4. The van der Waals surface area contributed by atoms with E-state index in [1.165, 1.54) is 47.8 Å². The maximum Gasteiger partial charge on any atom is 0.0483 e. The van der Waals surface area contributed by atoms with E-state index in [2.05, 4.69) is 48.5 Å². The second kappa shape index (κ2) is 4.06. The van der Waals surface area contributed by atoms with Crippen molar-refractivity contribution in [2.45, 2.75) is 31.6 Å². The Labute approximate surface area is 103 Å². The summed E-state index contributed by atoms with van der Waals surface area (Å²) in [6.07, 6.45) is 7.23. The van der Waals surface area contributed by atoms with Gasteiger partial charge in [-0.05, 0) is 30.9 Å². The summed E-state index contributed by atoms with van der Waals surface area (Å²) in [6, 6.07) is 8.76. The fourth-order valence-corrected chi connectivity index (χ4v) is 3.23. The number of aryl methyl sites for hydroxylation is 1. The molecule has 2 aromatic rings. The highest BCUT2D eigenvalue weighted by Gasteiger charge is 2.22. The lowest BCUT2D eigenvalue weighted by atomic mass is 9.94. The lowest BCUT2D eigenvalue weighted by Crippen LogP contribution is -1.99. The minimum absolute atomic E-state index is 0.540. The van der Waals surface area contributed by atoms with Gasteiger partial charge in [0.25, 0.3) is 0 Å². The Morgan fingerprint density at radius 2 is 2.12 bits per heavy atom. The van der Waals surface area contributed by atoms with Crippen molar-refractivity contribution >= 4 is 10.9 Å². The fourth-order valence-electron chi connectivity index (χ4n) is 3.23. The topological polar surface area (TPSA) is 4.93 Å². The Balaban J connectivity index is 2.34. The smallest absolute Gasteiger partial charge is 0.0483 e. The summed E-state index contributed by atoms with van der Waals surface area (Å²) in [7, 11) is 2.20. The van der Waals surface area contributed by atoms with Gasteiger partial charge < -0.3 is 4.57 Å². The van der Waals surface area contributed by atoms with Gasteiger partial charge in [0, 0.05) is 29.6 Å². The van der Waals surface area contributed by atoms with Gasteiger partial charge in [-0.25, -0.2) is 0 Å². The molecule has 1 heterocycles. The molecule has 0 amide bonds. The van der Waals surface area contributed by atoms with Gasteiger partial charge in [0.2, 0.25) is 0 Å². The van der Waals surface area contributed by atoms with E-state index in [9.17, 15) is 0 Å². The van der Waals surface area contributed by atoms with Crippen molar-refractivity contribution in [3.8, 4) is 0 Å². The van der Waals surface area contributed by atoms with Crippen molar-refractivity contribution in [1.82, 2.24) is 4.57 Å². The molecule has 0 saturated heterocycles. The molecule has 88 valence electrons. The van der Waals surface area contributed by atoms with Crippen LogP contribution < -0.4 is 0 Å². The number of fused-ring (bicyclic) bond motifs is 3. The maximum absolute atomic E-state index is 4.03. The number of hydrogen-bond donors (Lipinski definition) is 0. The van der Waals surface area contributed by atoms with Crippen molar-refractivity contribution in [1.29, 1.82) is 0 Å². The summed E-state index contributed by atoms with van der Waals surface area (Å²) in [5.74, 6) is 0.540. The van der Waals surface area contributed by atoms with Gasteiger partial charge in [0.15, 0.2) is 0 Å². The Kier molecular flexibility index (Phi) is 2.54. The predicted molar refractivity (Wildman–Crippen MR) is 73.4 cm³/mol. The highest BCUT2D eigenvalue weighted by molar-refractivity contribution is 5.86. The zero-order valence-electron chi connectivity index (χ0n) is 10.4. The van der Waals surface area contributed by atoms with E-state index in [-0.39, 0.29) is 0 Å². The minimum atomic E-state index is 0.540. The van der Waals surface area contributed by atoms with Crippen LogP contribution in [0.5, 0.6) is 0 Å². The summed E-state index contributed by atoms with van der Waals surface area (Å²) in [5, 5.41) is 1.43. The zero-order chi connectivity index (χ0) is 11.8. The highest BCUT2D eigenvalue weighted by Crippen LogP contribution is 2.37. The molecule has 17 heavy (non-hydrogen) atoms. The quantitative estimate of drug-likeness (QED) is 0.507. The van der Waals surface area contributed by atoms with Crippen LogP contribution in [0.1, 0.15) is 36.4 Å². The molecule has 1 nitrogen and oxygen atoms in total. The lowest BCUT2D eigenvalue weighted by Gasteiger charge is -2.10. The Hall–Kier alpha value is -1.50. The van der Waals surface area contributed by atoms with Crippen LogP contribution in [0.25, 0.3) is 10.9 Å². The Morgan fingerprint density at radius 3 is 2.94 bits per heavy atom. The van der Waals surface area contributed by atoms with E-state index < -0.39 is 0 Å². The monoisotopic (exact) mass is 225 g/mol. The van der Waals surface area contributed by atoms with E-state index in [1.807, 2.05) is 0 Å². The first-order valence-electron chi connectivity index (χ1n) is 6.51. The number of hydrogen-bond acceptors (Lipinski definition) is 0. The number of nitrogens with zero attached hydrogens (tertiary/aromatic N) is 1. The number of allylic oxidation sites excluding steroid dienone is 1. The van der Waals surface area contributed by atoms with Crippen LogP contribution >= 0.6 is 0 Å². The van der Waals surface area contributed by atoms with Crippen LogP contribution in [0, 0.1) is 0 Å². The molecule has 0 radical (unpaired) electrons. The van der Waals surface area contributed by atoms with E-state index in [1.54, 1.807) is 0 Å². The SMILES string of the molecule is C=CC1CCCCc2c1c1ccccc1n2C. The van der Waals surface area contributed by atoms with Crippen LogP contribution in [0.15, 0.2) is 36.9 Å². The standard InChI is InChI=1S/C16H19N/c1-3-12-8-4-6-11-15-16(12)13-9-5-7-10-14(13)17(15)2/h3,5,7,9-10,12H,1,4,6,8,11H2,2H3. The van der Waals surface area contributed by atoms with Crippen LogP contribution in [0.2, 0.25) is 0 Å². The van der Waals surface area contributed by atoms with E-state index in [0.717, 1.165) is 0 Å². The summed E-state index contributed by atoms with van der Waals surface area (Å²) >= 11 is 0. The number of benzene rings is 1. The first kappa shape index (κ1) is 10.6. The van der Waals surface area contributed by atoms with Gasteiger partial charge in [-0.1, -0.05) is 30.7 Å². The molecule has 0 saturated carbocycles. The van der Waals surface area contributed by atoms with Crippen LogP contribution in [0.3, 0.4) is 0 Å². The Bertz CT molecular complexity index is 562. The van der Waals surface area contributed by atoms with Crippen LogP contribution in [-0.4, -0.2) is 4.57 Å². The average Bonchev–Trinajstić information content (AvgIpc) is 2.55. The summed E-state index contributed by atoms with van der Waals surface area (Å²) in [5.41, 5.74) is 4.43. The predicted octanol–water partition coefficient (Wildman–Crippen LogP) is 4.17. The molecule has 1 atom stereocenters. The summed E-state index contributed by atoms with van der Waals surface area (Å²) in [6.45, 7) is 4.03. The molecule has 1 unspecified atom stereocenters. The van der Waals surface area contributed by atoms with Gasteiger partial charge in [-0.2, -0.15) is 0 Å². The molecule has 0 fully saturated rings. The van der Waals surface area contributed by atoms with E-state index in [0.29, 0.717) is 5.92 Å². The van der Waals surface area contributed by atoms with E-state index >= 15 is 0 Å². The van der Waals surface area contributed by atoms with Gasteiger partial charge in [0.1, 0.15) is 0 Å². The van der Waals surface area contributed by atoms with Crippen molar-refractivity contribution in [2.24, 2.45) is 7.05 Å². The van der Waals surface area contributed by atoms with Gasteiger partial charge >= 0.3 is 0 Å². The molecule has 1 aromatic heterocycles. The lowest BCUT2D eigenvalue weighted by molar-refractivity contribution is 0.667. The molecular weight excluding hydrogens is 206 g/mol. The van der Waals surface area contributed by atoms with Crippen LogP contribution in [0.4, 0.5) is 0 Å². The third-order valence-electron chi connectivity index (χ3n) is 4.11. The van der Waals surface area contributed by atoms with Gasteiger partial charge in [0.05, 0.1) is 0 Å². The van der Waals surface area contributed by atoms with Gasteiger partial charge in [-0.15, -0.1) is 6.58 Å². The highest BCUT2D eigenvalue weighted by atomic mass is 15.0. The largest absolute Gasteiger partial charge is 0.347 e. The van der Waals surface area contributed by atoms with Crippen molar-refractivity contribution in [3.63, 3.8) is 0 Å². The normalized spacial score (nSPS) is 19.9. The molecular formula is C16H19N. The fraction of sp³-hybridized carbons (Fsp3) is 0.375. The van der Waals surface area contributed by atoms with Crippen LogP contribution in [-0.2, 0) is 13.5 Å². The molecule has 0 bridgehead atoms. The molecule has 0 aliphatic heterocycles. The molecule has 1 aromatic carbocycles. The average molecular weight is 225 g/mol. The molecule has 0 N–H and O–H groups in total. The number of rotatable bonds is 1. The number of para-hydroxylation sites is 1. The second-order valence-corrected chi connectivity index (χ2v) is 5.02. The third-order valence-corrected chi connectivity index (χ3v) is 4.11.